The van der Waals surface area contributed by atoms with E-state index in [1.165, 1.54) is 0 Å². The molecule has 1 nitrogen and oxygen atoms in total. The topological polar surface area (TPSA) is 9.23 Å². The van der Waals surface area contributed by atoms with Crippen LogP contribution in [0.3, 0.4) is 0 Å². The fraction of sp³-hybridized carbons (Fsp3) is 0.500. The van der Waals surface area contributed by atoms with Crippen LogP contribution in [0.5, 0.6) is 0 Å². The molecule has 1 unspecified atom stereocenters. The van der Waals surface area contributed by atoms with E-state index in [0.29, 0.717) is 0 Å². The number of hydrogen-bond donors (Lipinski definition) is 0. The van der Waals surface area contributed by atoms with Gasteiger partial charge in [0, 0.05) is 0 Å². The van der Waals surface area contributed by atoms with Gasteiger partial charge in [-0.15, -0.1) is 0 Å². The number of alkyl halides is 8. The van der Waals surface area contributed by atoms with Crippen LogP contribution in [0.2, 0.25) is 0 Å². The highest BCUT2D eigenvalue weighted by Crippen LogP contribution is 2.52. The first-order valence-electron chi connectivity index (χ1n) is 4.34. The second-order valence-electron chi connectivity index (χ2n) is 3.39. The lowest BCUT2D eigenvalue weighted by Crippen LogP contribution is -2.54. The van der Waals surface area contributed by atoms with Crippen LogP contribution in [0.15, 0.2) is 23.2 Å². The van der Waals surface area contributed by atoms with Gasteiger partial charge in [-0.25, -0.2) is 8.78 Å². The first-order valence-corrected chi connectivity index (χ1v) is 4.34. The minimum absolute atomic E-state index is 2.71. The molecule has 0 saturated carbocycles. The van der Waals surface area contributed by atoms with Gasteiger partial charge < -0.3 is 4.74 Å². The summed E-state index contributed by atoms with van der Waals surface area (Å²) in [6.45, 7) is 0. The Kier molecular flexibility index (Phi) is 3.74. The second-order valence-corrected chi connectivity index (χ2v) is 3.39. The number of allylic oxidation sites excluding steroid dienone is 3. The second kappa shape index (κ2) is 4.52. The van der Waals surface area contributed by atoms with E-state index in [1.807, 2.05) is 0 Å². The maximum Gasteiger partial charge on any atom is 0.460 e. The van der Waals surface area contributed by atoms with Crippen LogP contribution in [0, 0.1) is 0 Å². The van der Waals surface area contributed by atoms with E-state index >= 15 is 0 Å². The van der Waals surface area contributed by atoms with Gasteiger partial charge in [-0.3, -0.25) is 0 Å². The Hall–Kier alpha value is -1.49. The van der Waals surface area contributed by atoms with Gasteiger partial charge >= 0.3 is 18.0 Å². The Morgan fingerprint density at radius 1 is 0.800 bits per heavy atom. The van der Waals surface area contributed by atoms with E-state index in [4.69, 9.17) is 0 Å². The molecule has 116 valence electrons. The summed E-state index contributed by atoms with van der Waals surface area (Å²) < 4.78 is 139. The largest absolute Gasteiger partial charge is 0.460 e. The standard InChI is InChI=1S/C8HF11O/c9-1-2(10)4(20-5(12)3(1)11)6(13,14)7(15,16)8(17,18)19/h5H. The summed E-state index contributed by atoms with van der Waals surface area (Å²) >= 11 is 0. The molecular formula is C8HF11O. The molecule has 1 rings (SSSR count). The van der Waals surface area contributed by atoms with Crippen molar-refractivity contribution in [1.29, 1.82) is 0 Å². The normalized spacial score (nSPS) is 22.2. The molecule has 1 aliphatic rings. The molecule has 0 fully saturated rings. The summed E-state index contributed by atoms with van der Waals surface area (Å²) in [5, 5.41) is 0. The minimum atomic E-state index is -6.90. The molecule has 12 heteroatoms. The van der Waals surface area contributed by atoms with E-state index in [1.54, 1.807) is 0 Å². The van der Waals surface area contributed by atoms with Crippen LogP contribution in [0.4, 0.5) is 48.3 Å². The first-order chi connectivity index (χ1) is 8.75. The lowest BCUT2D eigenvalue weighted by Gasteiger charge is -2.31. The summed E-state index contributed by atoms with van der Waals surface area (Å²) in [6.07, 6.45) is -10.7. The zero-order chi connectivity index (χ0) is 16.1. The van der Waals surface area contributed by atoms with Crippen molar-refractivity contribution in [2.24, 2.45) is 0 Å². The number of rotatable bonds is 2. The van der Waals surface area contributed by atoms with Crippen LogP contribution in [-0.4, -0.2) is 24.4 Å². The molecular weight excluding hydrogens is 321 g/mol. The molecule has 0 aromatic carbocycles. The van der Waals surface area contributed by atoms with Gasteiger partial charge in [0.05, 0.1) is 0 Å². The summed E-state index contributed by atoms with van der Waals surface area (Å²) in [7, 11) is 0. The molecule has 0 spiro atoms. The van der Waals surface area contributed by atoms with Gasteiger partial charge in [0.15, 0.2) is 0 Å². The summed E-state index contributed by atoms with van der Waals surface area (Å²) in [4.78, 5) is 0. The van der Waals surface area contributed by atoms with Crippen molar-refractivity contribution in [3.8, 4) is 0 Å². The predicted octanol–water partition coefficient (Wildman–Crippen LogP) is 4.48. The molecule has 1 heterocycles. The molecule has 0 bridgehead atoms. The number of halogens is 11. The number of ether oxygens (including phenoxy) is 1. The molecule has 0 saturated heterocycles. The molecule has 0 N–H and O–H groups in total. The highest BCUT2D eigenvalue weighted by molar-refractivity contribution is 5.33. The van der Waals surface area contributed by atoms with Gasteiger partial charge in [-0.05, 0) is 0 Å². The van der Waals surface area contributed by atoms with Crippen molar-refractivity contribution in [3.63, 3.8) is 0 Å². The average molecular weight is 322 g/mol. The third kappa shape index (κ3) is 2.20. The van der Waals surface area contributed by atoms with Gasteiger partial charge in [0.1, 0.15) is 0 Å². The third-order valence-electron chi connectivity index (χ3n) is 2.06. The van der Waals surface area contributed by atoms with E-state index in [2.05, 4.69) is 4.74 Å². The van der Waals surface area contributed by atoms with Crippen molar-refractivity contribution in [2.75, 3.05) is 0 Å². The van der Waals surface area contributed by atoms with Crippen molar-refractivity contribution in [1.82, 2.24) is 0 Å². The lowest BCUT2D eigenvalue weighted by molar-refractivity contribution is -0.352. The van der Waals surface area contributed by atoms with Gasteiger partial charge in [0.25, 0.3) is 6.36 Å². The molecule has 0 amide bonds. The Labute approximate surface area is 102 Å². The van der Waals surface area contributed by atoms with Gasteiger partial charge in [0.2, 0.25) is 23.2 Å². The zero-order valence-corrected chi connectivity index (χ0v) is 8.64. The lowest BCUT2D eigenvalue weighted by atomic mass is 10.1. The quantitative estimate of drug-likeness (QED) is 0.681. The van der Waals surface area contributed by atoms with Gasteiger partial charge in [-0.2, -0.15) is 39.5 Å². The Morgan fingerprint density at radius 3 is 1.65 bits per heavy atom. The Morgan fingerprint density at radius 2 is 1.25 bits per heavy atom. The molecule has 0 radical (unpaired) electrons. The molecule has 0 aliphatic carbocycles. The van der Waals surface area contributed by atoms with Crippen molar-refractivity contribution >= 4 is 0 Å². The zero-order valence-electron chi connectivity index (χ0n) is 8.64. The third-order valence-corrected chi connectivity index (χ3v) is 2.06. The summed E-state index contributed by atoms with van der Waals surface area (Å²) in [5.74, 6) is -25.6. The van der Waals surface area contributed by atoms with Crippen molar-refractivity contribution < 1.29 is 53.0 Å². The van der Waals surface area contributed by atoms with Crippen LogP contribution >= 0.6 is 0 Å². The molecule has 0 aromatic rings. The van der Waals surface area contributed by atoms with E-state index < -0.39 is 47.6 Å². The smallest absolute Gasteiger partial charge is 0.448 e. The Bertz CT molecular complexity index is 471. The van der Waals surface area contributed by atoms with Crippen LogP contribution in [0.25, 0.3) is 0 Å². The van der Waals surface area contributed by atoms with E-state index in [9.17, 15) is 48.3 Å². The monoisotopic (exact) mass is 322 g/mol. The highest BCUT2D eigenvalue weighted by Gasteiger charge is 2.76. The average Bonchev–Trinajstić information content (AvgIpc) is 2.29. The summed E-state index contributed by atoms with van der Waals surface area (Å²) in [6, 6.07) is 0. The van der Waals surface area contributed by atoms with E-state index in [0.717, 1.165) is 0 Å². The predicted molar refractivity (Wildman–Crippen MR) is 39.3 cm³/mol. The number of hydrogen-bond acceptors (Lipinski definition) is 1. The van der Waals surface area contributed by atoms with Crippen LogP contribution < -0.4 is 0 Å². The van der Waals surface area contributed by atoms with Crippen LogP contribution in [-0.2, 0) is 4.74 Å². The molecule has 1 aliphatic heterocycles. The Balaban J connectivity index is 3.44. The first kappa shape index (κ1) is 16.6. The van der Waals surface area contributed by atoms with Gasteiger partial charge in [-0.1, -0.05) is 0 Å². The molecule has 1 atom stereocenters. The maximum atomic E-state index is 12.9. The van der Waals surface area contributed by atoms with Crippen molar-refractivity contribution in [3.05, 3.63) is 23.2 Å². The van der Waals surface area contributed by atoms with Crippen LogP contribution in [0.1, 0.15) is 0 Å². The van der Waals surface area contributed by atoms with E-state index in [-0.39, 0.29) is 0 Å². The maximum absolute atomic E-state index is 12.9. The fourth-order valence-electron chi connectivity index (χ4n) is 1.04. The molecule has 20 heavy (non-hydrogen) atoms. The SMILES string of the molecule is FC1=C(F)C(F)OC(C(F)(F)C(F)(F)C(F)(F)F)=C1F. The highest BCUT2D eigenvalue weighted by atomic mass is 19.4. The minimum Gasteiger partial charge on any atom is -0.448 e. The van der Waals surface area contributed by atoms with Crippen molar-refractivity contribution in [2.45, 2.75) is 24.4 Å². The summed E-state index contributed by atoms with van der Waals surface area (Å²) in [5.41, 5.74) is 0. The molecule has 0 aromatic heterocycles. The fourth-order valence-corrected chi connectivity index (χ4v) is 1.04.